The fraction of sp³-hybridized carbons (Fsp3) is 0.786. The summed E-state index contributed by atoms with van der Waals surface area (Å²) < 4.78 is 2.47. The third kappa shape index (κ3) is 6.99. The van der Waals surface area contributed by atoms with E-state index in [9.17, 15) is 0 Å². The number of hydrogen-bond donors (Lipinski definition) is 0. The van der Waals surface area contributed by atoms with E-state index in [1.807, 2.05) is 0 Å². The van der Waals surface area contributed by atoms with E-state index in [4.69, 9.17) is 0 Å². The Morgan fingerprint density at radius 2 is 1.69 bits per heavy atom. The Bertz CT molecular complexity index is 265. The molecule has 0 saturated heterocycles. The van der Waals surface area contributed by atoms with Gasteiger partial charge in [-0.25, -0.2) is 4.58 Å². The van der Waals surface area contributed by atoms with Gasteiger partial charge in [-0.2, -0.15) is 0 Å². The predicted octanol–water partition coefficient (Wildman–Crippen LogP) is 4.17. The molecule has 0 aromatic carbocycles. The number of nitrogens with zero attached hydrogens (tertiary/aromatic N) is 1. The molecule has 0 unspecified atom stereocenters. The smallest absolute Gasteiger partial charge is 0.147 e. The summed E-state index contributed by atoms with van der Waals surface area (Å²) in [6.07, 6.45) is 1.15. The first-order valence-electron chi connectivity index (χ1n) is 6.37. The van der Waals surface area contributed by atoms with Crippen LogP contribution in [0.2, 0.25) is 25.7 Å². The van der Waals surface area contributed by atoms with Crippen molar-refractivity contribution in [3.8, 4) is 0 Å². The van der Waals surface area contributed by atoms with Crippen molar-refractivity contribution in [2.75, 3.05) is 6.54 Å². The molecule has 0 aliphatic rings. The van der Waals surface area contributed by atoms with Gasteiger partial charge in [-0.15, -0.1) is 0 Å². The van der Waals surface area contributed by atoms with Crippen molar-refractivity contribution in [3.63, 3.8) is 0 Å². The lowest BCUT2D eigenvalue weighted by Crippen LogP contribution is -2.27. The van der Waals surface area contributed by atoms with E-state index in [-0.39, 0.29) is 0 Å². The van der Waals surface area contributed by atoms with Crippen LogP contribution >= 0.6 is 0 Å². The third-order valence-electron chi connectivity index (χ3n) is 2.68. The minimum atomic E-state index is -0.972. The van der Waals surface area contributed by atoms with Crippen LogP contribution in [0, 0.1) is 0 Å². The van der Waals surface area contributed by atoms with Crippen LogP contribution in [-0.4, -0.2) is 30.9 Å². The van der Waals surface area contributed by atoms with Gasteiger partial charge in [0.25, 0.3) is 0 Å². The van der Waals surface area contributed by atoms with Crippen LogP contribution < -0.4 is 0 Å². The topological polar surface area (TPSA) is 3.01 Å². The zero-order valence-electron chi connectivity index (χ0n) is 12.4. The minimum absolute atomic E-state index is 0.602. The molecule has 2 heteroatoms. The molecule has 0 radical (unpaired) electrons. The van der Waals surface area contributed by atoms with Gasteiger partial charge in [0.15, 0.2) is 0 Å². The second-order valence-electron chi connectivity index (χ2n) is 6.47. The first kappa shape index (κ1) is 15.6. The Kier molecular flexibility index (Phi) is 6.23. The Morgan fingerprint density at radius 3 is 2.00 bits per heavy atom. The zero-order chi connectivity index (χ0) is 12.9. The highest BCUT2D eigenvalue weighted by Gasteiger charge is 2.17. The van der Waals surface area contributed by atoms with Crippen LogP contribution in [-0.2, 0) is 0 Å². The van der Waals surface area contributed by atoms with Crippen LogP contribution in [0.25, 0.3) is 0 Å². The van der Waals surface area contributed by atoms with Gasteiger partial charge in [0.2, 0.25) is 0 Å². The standard InChI is InChI=1S/C14H30NSi/c1-12(2)15(13(3)4)10-9-14(5)11-16(6,7)8/h12H,5,9-11H2,1-4,6-8H3/q+1. The second kappa shape index (κ2) is 6.38. The van der Waals surface area contributed by atoms with Gasteiger partial charge in [0, 0.05) is 28.3 Å². The Hall–Kier alpha value is -0.373. The molecule has 0 heterocycles. The molecular formula is C14H30NSi+. The molecule has 0 aliphatic carbocycles. The molecule has 0 amide bonds. The van der Waals surface area contributed by atoms with E-state index < -0.39 is 8.07 Å². The zero-order valence-corrected chi connectivity index (χ0v) is 13.4. The maximum absolute atomic E-state index is 4.23. The van der Waals surface area contributed by atoms with Crippen molar-refractivity contribution >= 4 is 13.8 Å². The number of hydrogen-bond acceptors (Lipinski definition) is 0. The molecule has 0 rings (SSSR count). The average Bonchev–Trinajstić information content (AvgIpc) is 1.98. The third-order valence-corrected chi connectivity index (χ3v) is 4.25. The van der Waals surface area contributed by atoms with Crippen LogP contribution in [0.3, 0.4) is 0 Å². The first-order valence-corrected chi connectivity index (χ1v) is 10.1. The summed E-state index contributed by atoms with van der Waals surface area (Å²) in [4.78, 5) is 0. The summed E-state index contributed by atoms with van der Waals surface area (Å²) in [5.41, 5.74) is 2.85. The summed E-state index contributed by atoms with van der Waals surface area (Å²) in [5.74, 6) is 0. The molecule has 0 spiro atoms. The lowest BCUT2D eigenvalue weighted by atomic mass is 10.2. The van der Waals surface area contributed by atoms with E-state index in [1.54, 1.807) is 0 Å². The van der Waals surface area contributed by atoms with Crippen molar-refractivity contribution in [2.24, 2.45) is 0 Å². The Labute approximate surface area is 103 Å². The molecule has 16 heavy (non-hydrogen) atoms. The fourth-order valence-corrected chi connectivity index (χ4v) is 3.79. The van der Waals surface area contributed by atoms with Gasteiger partial charge < -0.3 is 0 Å². The first-order chi connectivity index (χ1) is 7.13. The van der Waals surface area contributed by atoms with Gasteiger partial charge in [-0.3, -0.25) is 0 Å². The van der Waals surface area contributed by atoms with Gasteiger partial charge in [0.05, 0.1) is 0 Å². The van der Waals surface area contributed by atoms with Gasteiger partial charge in [0.1, 0.15) is 18.3 Å². The van der Waals surface area contributed by atoms with Crippen LogP contribution in [0.15, 0.2) is 12.2 Å². The maximum Gasteiger partial charge on any atom is 0.147 e. The summed E-state index contributed by atoms with van der Waals surface area (Å²) >= 11 is 0. The van der Waals surface area contributed by atoms with E-state index in [0.29, 0.717) is 6.04 Å². The molecule has 0 saturated carbocycles. The predicted molar refractivity (Wildman–Crippen MR) is 78.5 cm³/mol. The van der Waals surface area contributed by atoms with Crippen LogP contribution in [0.1, 0.15) is 34.1 Å². The lowest BCUT2D eigenvalue weighted by molar-refractivity contribution is -0.558. The van der Waals surface area contributed by atoms with Crippen LogP contribution in [0.5, 0.6) is 0 Å². The molecular weight excluding hydrogens is 210 g/mol. The summed E-state index contributed by atoms with van der Waals surface area (Å²) in [7, 11) is -0.972. The normalized spacial score (nSPS) is 11.8. The quantitative estimate of drug-likeness (QED) is 0.284. The molecule has 0 fully saturated rings. The summed E-state index contributed by atoms with van der Waals surface area (Å²) in [6.45, 7) is 21.5. The van der Waals surface area contributed by atoms with Gasteiger partial charge in [-0.05, 0) is 19.9 Å². The van der Waals surface area contributed by atoms with E-state index in [1.165, 1.54) is 17.3 Å². The highest BCUT2D eigenvalue weighted by Crippen LogP contribution is 2.17. The van der Waals surface area contributed by atoms with Crippen molar-refractivity contribution in [1.82, 2.24) is 0 Å². The second-order valence-corrected chi connectivity index (χ2v) is 11.9. The molecule has 1 nitrogen and oxygen atoms in total. The number of rotatable bonds is 6. The largest absolute Gasteiger partial charge is 0.235 e. The van der Waals surface area contributed by atoms with Crippen LogP contribution in [0.4, 0.5) is 0 Å². The van der Waals surface area contributed by atoms with Gasteiger partial charge in [-0.1, -0.05) is 31.8 Å². The molecule has 0 bridgehead atoms. The van der Waals surface area contributed by atoms with Crippen molar-refractivity contribution in [1.29, 1.82) is 0 Å². The molecule has 0 aromatic rings. The highest BCUT2D eigenvalue weighted by molar-refractivity contribution is 6.76. The summed E-state index contributed by atoms with van der Waals surface area (Å²) in [5, 5.41) is 0. The Morgan fingerprint density at radius 1 is 1.19 bits per heavy atom. The molecule has 0 aromatic heterocycles. The SMILES string of the molecule is C=C(CC[N+](=C(C)C)C(C)C)C[Si](C)(C)C. The van der Waals surface area contributed by atoms with Crippen molar-refractivity contribution in [2.45, 2.75) is 65.8 Å². The lowest BCUT2D eigenvalue weighted by Gasteiger charge is -2.17. The van der Waals surface area contributed by atoms with Gasteiger partial charge >= 0.3 is 0 Å². The molecule has 0 atom stereocenters. The molecule has 0 aliphatic heterocycles. The van der Waals surface area contributed by atoms with E-state index >= 15 is 0 Å². The summed E-state index contributed by atoms with van der Waals surface area (Å²) in [6, 6.07) is 1.87. The molecule has 0 N–H and O–H groups in total. The van der Waals surface area contributed by atoms with Crippen molar-refractivity contribution < 1.29 is 4.58 Å². The average molecular weight is 240 g/mol. The minimum Gasteiger partial charge on any atom is -0.235 e. The van der Waals surface area contributed by atoms with E-state index in [2.05, 4.69) is 58.5 Å². The van der Waals surface area contributed by atoms with Crippen molar-refractivity contribution in [3.05, 3.63) is 12.2 Å². The Balaban J connectivity index is 4.25. The molecule has 94 valence electrons. The fourth-order valence-electron chi connectivity index (χ4n) is 2.12. The maximum atomic E-state index is 4.23. The van der Waals surface area contributed by atoms with E-state index in [0.717, 1.165) is 13.0 Å². The highest BCUT2D eigenvalue weighted by atomic mass is 28.3. The monoisotopic (exact) mass is 240 g/mol.